The minimum atomic E-state index is -0.0618. The Hall–Kier alpha value is -3.18. The van der Waals surface area contributed by atoms with Gasteiger partial charge in [0.1, 0.15) is 5.75 Å². The fraction of sp³-hybridized carbons (Fsp3) is 0.379. The Labute approximate surface area is 203 Å². The highest BCUT2D eigenvalue weighted by Gasteiger charge is 2.36. The number of pyridine rings is 1. The molecular formula is C29H35N3O2. The standard InChI is InChI=1S/C29H35N3O2/c1-21(2)29(34)32(16-23-7-6-14-30-15-23)19-26-18-31(17-25-8-4-5-9-28(25)33)20-27(26)24-12-10-22(3)11-13-24/h4-15,21,26-27,33H,16-20H2,1-3H3. The van der Waals surface area contributed by atoms with E-state index in [0.29, 0.717) is 37.2 Å². The number of rotatable bonds is 8. The highest BCUT2D eigenvalue weighted by molar-refractivity contribution is 5.78. The average Bonchev–Trinajstić information content (AvgIpc) is 3.23. The van der Waals surface area contributed by atoms with Gasteiger partial charge in [-0.25, -0.2) is 0 Å². The third-order valence-corrected chi connectivity index (χ3v) is 6.76. The molecule has 2 unspecified atom stereocenters. The van der Waals surface area contributed by atoms with Crippen molar-refractivity contribution < 1.29 is 9.90 Å². The van der Waals surface area contributed by atoms with Gasteiger partial charge in [-0.15, -0.1) is 0 Å². The summed E-state index contributed by atoms with van der Waals surface area (Å²) in [5, 5.41) is 10.3. The molecule has 2 aromatic carbocycles. The van der Waals surface area contributed by atoms with E-state index in [4.69, 9.17) is 0 Å². The molecule has 5 nitrogen and oxygen atoms in total. The Bertz CT molecular complexity index is 1080. The number of aryl methyl sites for hydroxylation is 1. The van der Waals surface area contributed by atoms with Crippen molar-refractivity contribution in [3.63, 3.8) is 0 Å². The lowest BCUT2D eigenvalue weighted by molar-refractivity contribution is -0.135. The monoisotopic (exact) mass is 457 g/mol. The summed E-state index contributed by atoms with van der Waals surface area (Å²) in [6.07, 6.45) is 3.61. The molecule has 1 N–H and O–H groups in total. The van der Waals surface area contributed by atoms with Crippen LogP contribution in [0.3, 0.4) is 0 Å². The number of phenols is 1. The molecule has 0 spiro atoms. The second-order valence-corrected chi connectivity index (χ2v) is 9.83. The number of amides is 1. The molecule has 34 heavy (non-hydrogen) atoms. The van der Waals surface area contributed by atoms with Crippen LogP contribution >= 0.6 is 0 Å². The summed E-state index contributed by atoms with van der Waals surface area (Å²) in [5.74, 6) is 1.07. The maximum absolute atomic E-state index is 13.2. The van der Waals surface area contributed by atoms with Crippen LogP contribution in [0.5, 0.6) is 5.75 Å². The molecule has 5 heteroatoms. The lowest BCUT2D eigenvalue weighted by atomic mass is 9.88. The third-order valence-electron chi connectivity index (χ3n) is 6.76. The summed E-state index contributed by atoms with van der Waals surface area (Å²) >= 11 is 0. The van der Waals surface area contributed by atoms with Crippen molar-refractivity contribution in [3.05, 3.63) is 95.3 Å². The number of aromatic hydroxyl groups is 1. The van der Waals surface area contributed by atoms with Gasteiger partial charge in [0.05, 0.1) is 0 Å². The van der Waals surface area contributed by atoms with Gasteiger partial charge >= 0.3 is 0 Å². The van der Waals surface area contributed by atoms with Crippen molar-refractivity contribution >= 4 is 5.91 Å². The maximum atomic E-state index is 13.2. The average molecular weight is 458 g/mol. The fourth-order valence-corrected chi connectivity index (χ4v) is 4.94. The highest BCUT2D eigenvalue weighted by Crippen LogP contribution is 2.35. The van der Waals surface area contributed by atoms with Gasteiger partial charge in [0.2, 0.25) is 5.91 Å². The summed E-state index contributed by atoms with van der Waals surface area (Å²) in [6, 6.07) is 20.3. The van der Waals surface area contributed by atoms with E-state index in [9.17, 15) is 9.90 Å². The van der Waals surface area contributed by atoms with E-state index in [2.05, 4.69) is 41.1 Å². The molecule has 1 saturated heterocycles. The summed E-state index contributed by atoms with van der Waals surface area (Å²) in [6.45, 7) is 9.79. The van der Waals surface area contributed by atoms with Crippen LogP contribution in [-0.4, -0.2) is 45.4 Å². The molecular weight excluding hydrogens is 422 g/mol. The molecule has 2 heterocycles. The first-order valence-corrected chi connectivity index (χ1v) is 12.1. The minimum Gasteiger partial charge on any atom is -0.508 e. The zero-order chi connectivity index (χ0) is 24.1. The number of phenolic OH excluding ortho intramolecular Hbond substituents is 1. The first-order chi connectivity index (χ1) is 16.4. The van der Waals surface area contributed by atoms with E-state index in [1.165, 1.54) is 11.1 Å². The predicted octanol–water partition coefficient (Wildman–Crippen LogP) is 5.00. The van der Waals surface area contributed by atoms with E-state index in [1.54, 1.807) is 12.3 Å². The van der Waals surface area contributed by atoms with Gasteiger partial charge in [-0.1, -0.05) is 67.9 Å². The van der Waals surface area contributed by atoms with Crippen molar-refractivity contribution in [1.29, 1.82) is 0 Å². The van der Waals surface area contributed by atoms with Gasteiger partial charge in [-0.2, -0.15) is 0 Å². The van der Waals surface area contributed by atoms with E-state index in [1.807, 2.05) is 55.3 Å². The Morgan fingerprint density at radius 2 is 1.85 bits per heavy atom. The van der Waals surface area contributed by atoms with Crippen molar-refractivity contribution in [2.45, 2.75) is 39.8 Å². The van der Waals surface area contributed by atoms with Crippen molar-refractivity contribution in [3.8, 4) is 5.75 Å². The summed E-state index contributed by atoms with van der Waals surface area (Å²) < 4.78 is 0. The van der Waals surface area contributed by atoms with Crippen LogP contribution in [0.15, 0.2) is 73.1 Å². The SMILES string of the molecule is Cc1ccc(C2CN(Cc3ccccc3O)CC2CN(Cc2cccnc2)C(=O)C(C)C)cc1. The van der Waals surface area contributed by atoms with E-state index < -0.39 is 0 Å². The number of hydrogen-bond donors (Lipinski definition) is 1. The zero-order valence-electron chi connectivity index (χ0n) is 20.4. The number of benzene rings is 2. The molecule has 0 aliphatic carbocycles. The van der Waals surface area contributed by atoms with Crippen LogP contribution in [0.2, 0.25) is 0 Å². The van der Waals surface area contributed by atoms with Crippen molar-refractivity contribution in [2.75, 3.05) is 19.6 Å². The molecule has 0 bridgehead atoms. The van der Waals surface area contributed by atoms with Gasteiger partial charge in [-0.3, -0.25) is 14.7 Å². The maximum Gasteiger partial charge on any atom is 0.225 e. The molecule has 178 valence electrons. The fourth-order valence-electron chi connectivity index (χ4n) is 4.94. The Morgan fingerprint density at radius 1 is 1.09 bits per heavy atom. The Morgan fingerprint density at radius 3 is 2.53 bits per heavy atom. The first kappa shape index (κ1) is 24.0. The van der Waals surface area contributed by atoms with Crippen LogP contribution in [0.1, 0.15) is 42.0 Å². The lowest BCUT2D eigenvalue weighted by Gasteiger charge is -2.30. The molecule has 1 amide bonds. The van der Waals surface area contributed by atoms with Gasteiger partial charge < -0.3 is 10.0 Å². The van der Waals surface area contributed by atoms with Gasteiger partial charge in [0.25, 0.3) is 0 Å². The van der Waals surface area contributed by atoms with Gasteiger partial charge in [0.15, 0.2) is 0 Å². The van der Waals surface area contributed by atoms with Crippen LogP contribution in [0.25, 0.3) is 0 Å². The van der Waals surface area contributed by atoms with Crippen molar-refractivity contribution in [1.82, 2.24) is 14.8 Å². The van der Waals surface area contributed by atoms with E-state index in [-0.39, 0.29) is 11.8 Å². The quantitative estimate of drug-likeness (QED) is 0.517. The number of aromatic nitrogens is 1. The molecule has 2 atom stereocenters. The Kier molecular flexibility index (Phi) is 7.63. The molecule has 1 aromatic heterocycles. The van der Waals surface area contributed by atoms with Crippen LogP contribution in [-0.2, 0) is 17.9 Å². The van der Waals surface area contributed by atoms with Crippen LogP contribution in [0.4, 0.5) is 0 Å². The number of carbonyl (C=O) groups excluding carboxylic acids is 1. The smallest absolute Gasteiger partial charge is 0.225 e. The van der Waals surface area contributed by atoms with E-state index in [0.717, 1.165) is 24.2 Å². The normalized spacial score (nSPS) is 18.4. The second kappa shape index (κ2) is 10.8. The highest BCUT2D eigenvalue weighted by atomic mass is 16.3. The number of nitrogens with zero attached hydrogens (tertiary/aromatic N) is 3. The molecule has 3 aromatic rings. The third kappa shape index (κ3) is 5.84. The van der Waals surface area contributed by atoms with Crippen LogP contribution in [0, 0.1) is 18.8 Å². The number of carbonyl (C=O) groups is 1. The predicted molar refractivity (Wildman–Crippen MR) is 135 cm³/mol. The summed E-state index contributed by atoms with van der Waals surface area (Å²) in [5.41, 5.74) is 4.55. The molecule has 1 fully saturated rings. The summed E-state index contributed by atoms with van der Waals surface area (Å²) in [7, 11) is 0. The number of hydrogen-bond acceptors (Lipinski definition) is 4. The zero-order valence-corrected chi connectivity index (χ0v) is 20.4. The molecule has 0 saturated carbocycles. The Balaban J connectivity index is 1.58. The molecule has 1 aliphatic heterocycles. The first-order valence-electron chi connectivity index (χ1n) is 12.1. The van der Waals surface area contributed by atoms with Crippen LogP contribution < -0.4 is 0 Å². The van der Waals surface area contributed by atoms with Gasteiger partial charge in [-0.05, 0) is 36.1 Å². The molecule has 4 rings (SSSR count). The molecule has 1 aliphatic rings. The van der Waals surface area contributed by atoms with Gasteiger partial charge in [0, 0.05) is 62.5 Å². The number of likely N-dealkylation sites (tertiary alicyclic amines) is 1. The summed E-state index contributed by atoms with van der Waals surface area (Å²) in [4.78, 5) is 21.9. The van der Waals surface area contributed by atoms with Crippen molar-refractivity contribution in [2.24, 2.45) is 11.8 Å². The number of para-hydroxylation sites is 1. The second-order valence-electron chi connectivity index (χ2n) is 9.83. The largest absolute Gasteiger partial charge is 0.508 e. The minimum absolute atomic E-state index is 0.0618. The topological polar surface area (TPSA) is 56.7 Å². The molecule has 0 radical (unpaired) electrons. The lowest BCUT2D eigenvalue weighted by Crippen LogP contribution is -2.39. The van der Waals surface area contributed by atoms with E-state index >= 15 is 0 Å².